The van der Waals surface area contributed by atoms with Crippen LogP contribution in [0, 0.1) is 11.8 Å². The van der Waals surface area contributed by atoms with Crippen molar-refractivity contribution in [2.24, 2.45) is 11.8 Å². The van der Waals surface area contributed by atoms with Gasteiger partial charge in [0.05, 0.1) is 24.1 Å². The maximum absolute atomic E-state index is 6.24. The molecule has 92 valence electrons. The summed E-state index contributed by atoms with van der Waals surface area (Å²) >= 11 is 0. The molecule has 1 aromatic heterocycles. The summed E-state index contributed by atoms with van der Waals surface area (Å²) in [6, 6.07) is 2.00. The zero-order chi connectivity index (χ0) is 11.8. The molecular weight excluding hydrogens is 212 g/mol. The van der Waals surface area contributed by atoms with Gasteiger partial charge in [0.2, 0.25) is 0 Å². The lowest BCUT2D eigenvalue weighted by molar-refractivity contribution is -0.0941. The second-order valence-corrected chi connectivity index (χ2v) is 5.48. The van der Waals surface area contributed by atoms with Crippen LogP contribution in [0.3, 0.4) is 0 Å². The summed E-state index contributed by atoms with van der Waals surface area (Å²) in [6.45, 7) is 2.36. The molecule has 1 aliphatic carbocycles. The molecule has 2 heterocycles. The summed E-state index contributed by atoms with van der Waals surface area (Å²) in [5.41, 5.74) is 7.88. The van der Waals surface area contributed by atoms with Gasteiger partial charge in [-0.2, -0.15) is 0 Å². The minimum atomic E-state index is 0.173. The van der Waals surface area contributed by atoms with Crippen LogP contribution in [-0.4, -0.2) is 11.1 Å². The van der Waals surface area contributed by atoms with Gasteiger partial charge in [-0.15, -0.1) is 0 Å². The van der Waals surface area contributed by atoms with E-state index >= 15 is 0 Å². The number of nitrogen functional groups attached to an aromatic ring is 1. The van der Waals surface area contributed by atoms with Crippen molar-refractivity contribution in [3.05, 3.63) is 24.0 Å². The molecule has 1 saturated carbocycles. The lowest BCUT2D eigenvalue weighted by Crippen LogP contribution is -2.33. The van der Waals surface area contributed by atoms with Crippen LogP contribution in [0.15, 0.2) is 18.5 Å². The fraction of sp³-hybridized carbons (Fsp3) is 0.643. The third-order valence-electron chi connectivity index (χ3n) is 4.39. The van der Waals surface area contributed by atoms with Crippen molar-refractivity contribution in [1.82, 2.24) is 4.98 Å². The van der Waals surface area contributed by atoms with Gasteiger partial charge in [-0.25, -0.2) is 0 Å². The molecule has 3 heteroatoms. The minimum Gasteiger partial charge on any atom is -0.397 e. The maximum atomic E-state index is 6.24. The molecule has 4 atom stereocenters. The molecule has 0 radical (unpaired) electrons. The van der Waals surface area contributed by atoms with E-state index in [1.807, 2.05) is 6.07 Å². The normalized spacial score (nSPS) is 36.8. The van der Waals surface area contributed by atoms with Gasteiger partial charge in [0.15, 0.2) is 0 Å². The average Bonchev–Trinajstić information content (AvgIpc) is 2.78. The number of anilines is 1. The van der Waals surface area contributed by atoms with Gasteiger partial charge in [0, 0.05) is 11.8 Å². The Labute approximate surface area is 102 Å². The first-order chi connectivity index (χ1) is 8.25. The number of nitrogens with zero attached hydrogens (tertiary/aromatic N) is 1. The lowest BCUT2D eigenvalue weighted by atomic mass is 9.82. The van der Waals surface area contributed by atoms with Crippen LogP contribution in [0.25, 0.3) is 0 Å². The van der Waals surface area contributed by atoms with Crippen molar-refractivity contribution in [3.8, 4) is 0 Å². The molecule has 3 rings (SSSR count). The highest BCUT2D eigenvalue weighted by Gasteiger charge is 2.39. The van der Waals surface area contributed by atoms with Crippen molar-refractivity contribution >= 4 is 5.69 Å². The van der Waals surface area contributed by atoms with Gasteiger partial charge < -0.3 is 10.5 Å². The Hall–Kier alpha value is -1.09. The van der Waals surface area contributed by atoms with Crippen molar-refractivity contribution in [1.29, 1.82) is 0 Å². The number of fused-ring (bicyclic) bond motifs is 1. The third kappa shape index (κ3) is 1.93. The molecule has 2 aliphatic rings. The summed E-state index contributed by atoms with van der Waals surface area (Å²) in [5.74, 6) is 1.52. The number of hydrogen-bond donors (Lipinski definition) is 1. The molecule has 0 amide bonds. The SMILES string of the molecule is C[C@@H]1C[C@H](c2ccncc2N)O[C@@H]2CCC[C@H]12. The molecule has 0 aromatic carbocycles. The molecule has 1 aliphatic heterocycles. The topological polar surface area (TPSA) is 48.1 Å². The highest BCUT2D eigenvalue weighted by Crippen LogP contribution is 2.46. The first-order valence-corrected chi connectivity index (χ1v) is 6.60. The van der Waals surface area contributed by atoms with E-state index in [4.69, 9.17) is 10.5 Å². The smallest absolute Gasteiger partial charge is 0.0852 e. The Kier molecular flexibility index (Phi) is 2.79. The van der Waals surface area contributed by atoms with E-state index in [1.165, 1.54) is 19.3 Å². The predicted molar refractivity (Wildman–Crippen MR) is 67.4 cm³/mol. The highest BCUT2D eigenvalue weighted by atomic mass is 16.5. The van der Waals surface area contributed by atoms with E-state index < -0.39 is 0 Å². The monoisotopic (exact) mass is 232 g/mol. The fourth-order valence-electron chi connectivity index (χ4n) is 3.46. The van der Waals surface area contributed by atoms with Crippen molar-refractivity contribution in [2.75, 3.05) is 5.73 Å². The largest absolute Gasteiger partial charge is 0.397 e. The van der Waals surface area contributed by atoms with E-state index in [9.17, 15) is 0 Å². The second kappa shape index (κ2) is 4.30. The summed E-state index contributed by atoms with van der Waals surface area (Å²) in [6.07, 6.45) is 9.13. The Morgan fingerprint density at radius 2 is 2.29 bits per heavy atom. The zero-order valence-electron chi connectivity index (χ0n) is 10.3. The van der Waals surface area contributed by atoms with Crippen LogP contribution in [0.2, 0.25) is 0 Å². The molecular formula is C14H20N2O. The lowest BCUT2D eigenvalue weighted by Gasteiger charge is -2.37. The van der Waals surface area contributed by atoms with Gasteiger partial charge in [-0.3, -0.25) is 4.98 Å². The van der Waals surface area contributed by atoms with E-state index in [-0.39, 0.29) is 6.10 Å². The number of ether oxygens (including phenoxy) is 1. The number of nitrogens with two attached hydrogens (primary N) is 1. The minimum absolute atomic E-state index is 0.173. The number of aromatic nitrogens is 1. The van der Waals surface area contributed by atoms with Gasteiger partial charge >= 0.3 is 0 Å². The summed E-state index contributed by atoms with van der Waals surface area (Å²) in [7, 11) is 0. The van der Waals surface area contributed by atoms with Gasteiger partial charge in [0.25, 0.3) is 0 Å². The van der Waals surface area contributed by atoms with Crippen molar-refractivity contribution in [2.45, 2.75) is 44.8 Å². The predicted octanol–water partition coefficient (Wildman–Crippen LogP) is 2.93. The van der Waals surface area contributed by atoms with Gasteiger partial charge in [-0.1, -0.05) is 13.3 Å². The van der Waals surface area contributed by atoms with Crippen molar-refractivity contribution in [3.63, 3.8) is 0 Å². The molecule has 1 aromatic rings. The molecule has 1 saturated heterocycles. The molecule has 0 unspecified atom stereocenters. The summed E-state index contributed by atoms with van der Waals surface area (Å²) in [4.78, 5) is 4.04. The molecule has 3 nitrogen and oxygen atoms in total. The van der Waals surface area contributed by atoms with E-state index in [1.54, 1.807) is 12.4 Å². The van der Waals surface area contributed by atoms with Crippen LogP contribution in [-0.2, 0) is 4.74 Å². The Morgan fingerprint density at radius 3 is 3.12 bits per heavy atom. The Balaban J connectivity index is 1.83. The number of rotatable bonds is 1. The molecule has 2 N–H and O–H groups in total. The Bertz CT molecular complexity index is 407. The van der Waals surface area contributed by atoms with Crippen LogP contribution < -0.4 is 5.73 Å². The second-order valence-electron chi connectivity index (χ2n) is 5.48. The first-order valence-electron chi connectivity index (χ1n) is 6.60. The average molecular weight is 232 g/mol. The van der Waals surface area contributed by atoms with Crippen LogP contribution >= 0.6 is 0 Å². The van der Waals surface area contributed by atoms with Crippen molar-refractivity contribution < 1.29 is 4.74 Å². The number of pyridine rings is 1. The molecule has 2 fully saturated rings. The zero-order valence-corrected chi connectivity index (χ0v) is 10.3. The number of hydrogen-bond acceptors (Lipinski definition) is 3. The van der Waals surface area contributed by atoms with Gasteiger partial charge in [0.1, 0.15) is 0 Å². The third-order valence-corrected chi connectivity index (χ3v) is 4.39. The molecule has 0 bridgehead atoms. The van der Waals surface area contributed by atoms with Crippen LogP contribution in [0.4, 0.5) is 5.69 Å². The molecule has 17 heavy (non-hydrogen) atoms. The summed E-state index contributed by atoms with van der Waals surface area (Å²) in [5, 5.41) is 0. The fourth-order valence-corrected chi connectivity index (χ4v) is 3.46. The highest BCUT2D eigenvalue weighted by molar-refractivity contribution is 5.45. The quantitative estimate of drug-likeness (QED) is 0.809. The van der Waals surface area contributed by atoms with Crippen LogP contribution in [0.1, 0.15) is 44.3 Å². The maximum Gasteiger partial charge on any atom is 0.0852 e. The van der Waals surface area contributed by atoms with E-state index in [0.29, 0.717) is 6.10 Å². The van der Waals surface area contributed by atoms with Crippen LogP contribution in [0.5, 0.6) is 0 Å². The standard InChI is InChI=1S/C14H20N2O/c1-9-7-14(11-5-6-16-8-12(11)15)17-13-4-2-3-10(9)13/h5-6,8-10,13-14H,2-4,7,15H2,1H3/t9-,10-,13-,14-/m1/s1. The van der Waals surface area contributed by atoms with E-state index in [2.05, 4.69) is 11.9 Å². The van der Waals surface area contributed by atoms with Gasteiger partial charge in [-0.05, 0) is 37.2 Å². The van der Waals surface area contributed by atoms with E-state index in [0.717, 1.165) is 29.5 Å². The molecule has 0 spiro atoms. The Morgan fingerprint density at radius 1 is 1.41 bits per heavy atom. The summed E-state index contributed by atoms with van der Waals surface area (Å²) < 4.78 is 6.24. The first kappa shape index (κ1) is 11.0.